The summed E-state index contributed by atoms with van der Waals surface area (Å²) in [5.74, 6) is 3.37. The Balaban J connectivity index is 1.21. The average molecular weight is 395 g/mol. The van der Waals surface area contributed by atoms with Gasteiger partial charge in [-0.2, -0.15) is 8.78 Å². The van der Waals surface area contributed by atoms with E-state index in [2.05, 4.69) is 13.0 Å². The largest absolute Gasteiger partial charge is 0.358 e. The molecule has 3 aliphatic carbocycles. The highest BCUT2D eigenvalue weighted by Crippen LogP contribution is 2.47. The van der Waals surface area contributed by atoms with Crippen molar-refractivity contribution >= 4 is 0 Å². The Bertz CT molecular complexity index is 541. The molecule has 0 amide bonds. The Morgan fingerprint density at radius 3 is 1.79 bits per heavy atom. The van der Waals surface area contributed by atoms with Crippen LogP contribution in [0.5, 0.6) is 0 Å². The molecule has 0 bridgehead atoms. The van der Waals surface area contributed by atoms with Crippen molar-refractivity contribution in [2.45, 2.75) is 110 Å². The third-order valence-electron chi connectivity index (χ3n) is 8.94. The molecule has 3 heteroatoms. The molecule has 1 aliphatic heterocycles. The van der Waals surface area contributed by atoms with Crippen LogP contribution in [0.4, 0.5) is 8.78 Å². The van der Waals surface area contributed by atoms with Crippen molar-refractivity contribution in [3.63, 3.8) is 0 Å². The molecule has 28 heavy (non-hydrogen) atoms. The van der Waals surface area contributed by atoms with Gasteiger partial charge in [-0.15, -0.1) is 0 Å². The Labute approximate surface area is 170 Å². The van der Waals surface area contributed by atoms with E-state index in [4.69, 9.17) is 4.74 Å². The molecule has 3 fully saturated rings. The van der Waals surface area contributed by atoms with E-state index in [1.807, 2.05) is 0 Å². The maximum atomic E-state index is 14.0. The molecule has 1 saturated heterocycles. The smallest absolute Gasteiger partial charge is 0.317 e. The van der Waals surface area contributed by atoms with Gasteiger partial charge in [0.2, 0.25) is 0 Å². The highest BCUT2D eigenvalue weighted by atomic mass is 19.3. The first-order valence-electron chi connectivity index (χ1n) is 12.1. The Kier molecular flexibility index (Phi) is 6.50. The van der Waals surface area contributed by atoms with E-state index in [0.29, 0.717) is 12.3 Å². The summed E-state index contributed by atoms with van der Waals surface area (Å²) in [6.07, 6.45) is 15.2. The molecule has 2 saturated carbocycles. The average Bonchev–Trinajstić information content (AvgIpc) is 2.71. The van der Waals surface area contributed by atoms with Gasteiger partial charge in [-0.1, -0.05) is 18.6 Å². The number of rotatable bonds is 3. The van der Waals surface area contributed by atoms with Gasteiger partial charge in [0.05, 0.1) is 6.10 Å². The molecule has 1 nitrogen and oxygen atoms in total. The van der Waals surface area contributed by atoms with Crippen molar-refractivity contribution in [3.8, 4) is 0 Å². The number of allylic oxidation sites excluding steroid dienone is 2. The van der Waals surface area contributed by atoms with Gasteiger partial charge in [-0.3, -0.25) is 0 Å². The van der Waals surface area contributed by atoms with E-state index in [9.17, 15) is 8.78 Å². The van der Waals surface area contributed by atoms with Crippen LogP contribution in [0.25, 0.3) is 0 Å². The Hall–Kier alpha value is -0.440. The third-order valence-corrected chi connectivity index (χ3v) is 8.94. The van der Waals surface area contributed by atoms with Gasteiger partial charge >= 0.3 is 6.11 Å². The van der Waals surface area contributed by atoms with Gasteiger partial charge in [0.25, 0.3) is 0 Å². The molecule has 4 rings (SSSR count). The van der Waals surface area contributed by atoms with E-state index in [0.717, 1.165) is 42.9 Å². The highest BCUT2D eigenvalue weighted by Gasteiger charge is 2.46. The third kappa shape index (κ3) is 4.65. The molecule has 0 radical (unpaired) electrons. The maximum absolute atomic E-state index is 14.0. The van der Waals surface area contributed by atoms with Crippen molar-refractivity contribution in [2.75, 3.05) is 0 Å². The van der Waals surface area contributed by atoms with Gasteiger partial charge in [0.15, 0.2) is 0 Å². The van der Waals surface area contributed by atoms with E-state index in [1.165, 1.54) is 57.8 Å². The minimum absolute atomic E-state index is 0.203. The Morgan fingerprint density at radius 2 is 1.29 bits per heavy atom. The summed E-state index contributed by atoms with van der Waals surface area (Å²) in [6, 6.07) is 0. The first-order valence-corrected chi connectivity index (χ1v) is 12.1. The lowest BCUT2D eigenvalue weighted by Gasteiger charge is -2.43. The SMILES string of the molecule is CC1=CCC(C2CCC(C3CCC(C4CCC(C)C(F)(F)O4)CC3)CC2)CC1. The van der Waals surface area contributed by atoms with Crippen molar-refractivity contribution in [1.82, 2.24) is 0 Å². The van der Waals surface area contributed by atoms with Crippen LogP contribution in [0.3, 0.4) is 0 Å². The molecule has 0 aromatic heterocycles. The summed E-state index contributed by atoms with van der Waals surface area (Å²) in [5, 5.41) is 0. The van der Waals surface area contributed by atoms with Gasteiger partial charge in [0, 0.05) is 5.92 Å². The van der Waals surface area contributed by atoms with Gasteiger partial charge in [0.1, 0.15) is 0 Å². The summed E-state index contributed by atoms with van der Waals surface area (Å²) < 4.78 is 33.2. The standard InChI is InChI=1S/C25H40F2O/c1-17-3-6-19(7-4-17)20-8-10-21(11-9-20)22-12-14-23(15-13-22)24-16-5-18(2)25(26,27)28-24/h3,18-24H,4-16H2,1-2H3. The number of ether oxygens (including phenoxy) is 1. The zero-order valence-electron chi connectivity index (χ0n) is 18.0. The maximum Gasteiger partial charge on any atom is 0.358 e. The van der Waals surface area contributed by atoms with Crippen LogP contribution >= 0.6 is 0 Å². The van der Waals surface area contributed by atoms with Crippen molar-refractivity contribution in [1.29, 1.82) is 0 Å². The zero-order valence-corrected chi connectivity index (χ0v) is 18.0. The molecule has 0 aromatic carbocycles. The van der Waals surface area contributed by atoms with Crippen LogP contribution in [-0.2, 0) is 4.74 Å². The minimum atomic E-state index is -2.91. The molecule has 0 N–H and O–H groups in total. The Morgan fingerprint density at radius 1 is 0.750 bits per heavy atom. The van der Waals surface area contributed by atoms with Gasteiger partial charge < -0.3 is 4.74 Å². The fraction of sp³-hybridized carbons (Fsp3) is 0.920. The number of hydrogen-bond acceptors (Lipinski definition) is 1. The summed E-state index contributed by atoms with van der Waals surface area (Å²) >= 11 is 0. The molecule has 160 valence electrons. The second-order valence-electron chi connectivity index (χ2n) is 10.6. The summed E-state index contributed by atoms with van der Waals surface area (Å²) in [7, 11) is 0. The van der Waals surface area contributed by atoms with Crippen LogP contribution in [0.2, 0.25) is 0 Å². The lowest BCUT2D eigenvalue weighted by atomic mass is 9.65. The van der Waals surface area contributed by atoms with Crippen LogP contribution in [0.15, 0.2) is 11.6 Å². The normalized spacial score (nSPS) is 44.7. The highest BCUT2D eigenvalue weighted by molar-refractivity contribution is 5.04. The molecule has 1 heterocycles. The van der Waals surface area contributed by atoms with E-state index in [1.54, 1.807) is 12.5 Å². The van der Waals surface area contributed by atoms with Gasteiger partial charge in [-0.25, -0.2) is 0 Å². The fourth-order valence-corrected chi connectivity index (χ4v) is 6.78. The first kappa shape index (κ1) is 20.8. The second-order valence-corrected chi connectivity index (χ2v) is 10.6. The van der Waals surface area contributed by atoms with Crippen molar-refractivity contribution < 1.29 is 13.5 Å². The predicted octanol–water partition coefficient (Wildman–Crippen LogP) is 7.75. The van der Waals surface area contributed by atoms with Gasteiger partial charge in [-0.05, 0) is 120 Å². The van der Waals surface area contributed by atoms with Crippen LogP contribution in [0.1, 0.15) is 97.3 Å². The topological polar surface area (TPSA) is 9.23 Å². The molecular formula is C25H40F2O. The second kappa shape index (κ2) is 8.74. The van der Waals surface area contributed by atoms with Crippen LogP contribution in [0, 0.1) is 35.5 Å². The van der Waals surface area contributed by atoms with Crippen LogP contribution in [-0.4, -0.2) is 12.2 Å². The lowest BCUT2D eigenvalue weighted by molar-refractivity contribution is -0.319. The summed E-state index contributed by atoms with van der Waals surface area (Å²) in [4.78, 5) is 0. The number of halogens is 2. The van der Waals surface area contributed by atoms with Crippen molar-refractivity contribution in [3.05, 3.63) is 11.6 Å². The monoisotopic (exact) mass is 394 g/mol. The molecule has 0 spiro atoms. The first-order chi connectivity index (χ1) is 13.4. The molecule has 3 atom stereocenters. The van der Waals surface area contributed by atoms with E-state index in [-0.39, 0.29) is 6.10 Å². The number of alkyl halides is 2. The molecule has 4 aliphatic rings. The fourth-order valence-electron chi connectivity index (χ4n) is 6.78. The number of hydrogen-bond donors (Lipinski definition) is 0. The van der Waals surface area contributed by atoms with E-state index < -0.39 is 12.0 Å². The predicted molar refractivity (Wildman–Crippen MR) is 110 cm³/mol. The molecule has 0 aromatic rings. The molecular weight excluding hydrogens is 354 g/mol. The van der Waals surface area contributed by atoms with Crippen LogP contribution < -0.4 is 0 Å². The zero-order chi connectivity index (χ0) is 19.7. The minimum Gasteiger partial charge on any atom is -0.317 e. The quantitative estimate of drug-likeness (QED) is 0.445. The summed E-state index contributed by atoms with van der Waals surface area (Å²) in [6.45, 7) is 3.90. The lowest BCUT2D eigenvalue weighted by Crippen LogP contribution is -2.43. The van der Waals surface area contributed by atoms with Crippen molar-refractivity contribution in [2.24, 2.45) is 35.5 Å². The molecule has 3 unspecified atom stereocenters. The summed E-state index contributed by atoms with van der Waals surface area (Å²) in [5.41, 5.74) is 1.59. The van der Waals surface area contributed by atoms with E-state index >= 15 is 0 Å².